The van der Waals surface area contributed by atoms with E-state index in [4.69, 9.17) is 4.42 Å². The van der Waals surface area contributed by atoms with Gasteiger partial charge in [-0.05, 0) is 37.7 Å². The highest BCUT2D eigenvalue weighted by atomic mass is 127. The molecular weight excluding hydrogens is 373 g/mol. The smallest absolute Gasteiger partial charge is 0.191 e. The molecule has 108 valence electrons. The van der Waals surface area contributed by atoms with E-state index in [0.29, 0.717) is 6.54 Å². The Labute approximate surface area is 136 Å². The van der Waals surface area contributed by atoms with Crippen LogP contribution in [0.2, 0.25) is 0 Å². The standard InChI is InChI=1S/C13H21N3OS.HI/c1-2-14-13(15-9-11-5-3-7-17-11)16-10-12-6-4-8-18-12;/h3,5,7,12H,2,4,6,8-10H2,1H3,(H2,14,15,16);1H. The third-order valence-corrected chi connectivity index (χ3v) is 4.24. The lowest BCUT2D eigenvalue weighted by Crippen LogP contribution is -2.40. The SMILES string of the molecule is CCNC(=NCc1ccco1)NCC1CCCS1.I. The summed E-state index contributed by atoms with van der Waals surface area (Å²) >= 11 is 2.05. The summed E-state index contributed by atoms with van der Waals surface area (Å²) in [6.45, 7) is 4.53. The van der Waals surface area contributed by atoms with Crippen LogP contribution in [0.5, 0.6) is 0 Å². The van der Waals surface area contributed by atoms with Gasteiger partial charge in [0, 0.05) is 18.3 Å². The summed E-state index contributed by atoms with van der Waals surface area (Å²) in [5, 5.41) is 7.39. The van der Waals surface area contributed by atoms with Crippen molar-refractivity contribution >= 4 is 41.7 Å². The Bertz CT molecular complexity index is 364. The lowest BCUT2D eigenvalue weighted by molar-refractivity contribution is 0.512. The third-order valence-electron chi connectivity index (χ3n) is 2.84. The van der Waals surface area contributed by atoms with Crippen molar-refractivity contribution in [2.45, 2.75) is 31.6 Å². The number of nitrogens with zero attached hydrogens (tertiary/aromatic N) is 1. The highest BCUT2D eigenvalue weighted by Gasteiger charge is 2.15. The number of thioether (sulfide) groups is 1. The van der Waals surface area contributed by atoms with Crippen LogP contribution < -0.4 is 10.6 Å². The lowest BCUT2D eigenvalue weighted by Gasteiger charge is -2.14. The van der Waals surface area contributed by atoms with E-state index in [-0.39, 0.29) is 24.0 Å². The van der Waals surface area contributed by atoms with Crippen LogP contribution in [0.4, 0.5) is 0 Å². The largest absolute Gasteiger partial charge is 0.467 e. The second-order valence-corrected chi connectivity index (χ2v) is 5.70. The molecule has 2 N–H and O–H groups in total. The molecule has 2 rings (SSSR count). The first-order valence-corrected chi connectivity index (χ1v) is 7.59. The van der Waals surface area contributed by atoms with Crippen molar-refractivity contribution in [1.82, 2.24) is 10.6 Å². The van der Waals surface area contributed by atoms with Gasteiger partial charge in [-0.1, -0.05) is 0 Å². The topological polar surface area (TPSA) is 49.6 Å². The highest BCUT2D eigenvalue weighted by molar-refractivity contribution is 14.0. The van der Waals surface area contributed by atoms with E-state index in [2.05, 4.69) is 34.3 Å². The first-order valence-electron chi connectivity index (χ1n) is 6.54. The van der Waals surface area contributed by atoms with Crippen molar-refractivity contribution < 1.29 is 4.42 Å². The average Bonchev–Trinajstić information content (AvgIpc) is 3.05. The summed E-state index contributed by atoms with van der Waals surface area (Å²) in [4.78, 5) is 4.51. The van der Waals surface area contributed by atoms with Crippen LogP contribution in [-0.2, 0) is 6.54 Å². The molecule has 0 aromatic carbocycles. The van der Waals surface area contributed by atoms with Crippen molar-refractivity contribution in [3.8, 4) is 0 Å². The summed E-state index contributed by atoms with van der Waals surface area (Å²) in [5.74, 6) is 3.07. The number of furan rings is 1. The van der Waals surface area contributed by atoms with Gasteiger partial charge in [0.2, 0.25) is 0 Å². The Morgan fingerprint density at radius 2 is 2.42 bits per heavy atom. The molecule has 0 saturated carbocycles. The first kappa shape index (κ1) is 16.7. The van der Waals surface area contributed by atoms with Gasteiger partial charge >= 0.3 is 0 Å². The minimum Gasteiger partial charge on any atom is -0.467 e. The molecule has 1 fully saturated rings. The molecule has 1 aliphatic heterocycles. The number of rotatable bonds is 5. The van der Waals surface area contributed by atoms with Gasteiger partial charge in [-0.25, -0.2) is 4.99 Å². The maximum Gasteiger partial charge on any atom is 0.191 e. The summed E-state index contributed by atoms with van der Waals surface area (Å²) in [6, 6.07) is 3.83. The van der Waals surface area contributed by atoms with Crippen LogP contribution in [0.15, 0.2) is 27.8 Å². The van der Waals surface area contributed by atoms with Gasteiger partial charge in [-0.2, -0.15) is 11.8 Å². The van der Waals surface area contributed by atoms with Gasteiger partial charge in [0.15, 0.2) is 5.96 Å². The average molecular weight is 395 g/mol. The Morgan fingerprint density at radius 3 is 3.05 bits per heavy atom. The highest BCUT2D eigenvalue weighted by Crippen LogP contribution is 2.25. The number of aliphatic imine (C=N–C) groups is 1. The maximum absolute atomic E-state index is 5.27. The molecule has 6 heteroatoms. The minimum absolute atomic E-state index is 0. The van der Waals surface area contributed by atoms with Crippen LogP contribution in [0, 0.1) is 0 Å². The van der Waals surface area contributed by atoms with Crippen LogP contribution in [0.1, 0.15) is 25.5 Å². The molecule has 0 aliphatic carbocycles. The Hall–Kier alpha value is -0.370. The molecule has 0 bridgehead atoms. The molecule has 1 saturated heterocycles. The van der Waals surface area contributed by atoms with Gasteiger partial charge in [-0.15, -0.1) is 24.0 Å². The molecule has 1 aromatic rings. The molecule has 19 heavy (non-hydrogen) atoms. The molecule has 1 unspecified atom stereocenters. The number of halogens is 1. The van der Waals surface area contributed by atoms with Crippen molar-refractivity contribution in [2.24, 2.45) is 4.99 Å². The fraction of sp³-hybridized carbons (Fsp3) is 0.615. The van der Waals surface area contributed by atoms with E-state index in [9.17, 15) is 0 Å². The fourth-order valence-electron chi connectivity index (χ4n) is 1.92. The monoisotopic (exact) mass is 395 g/mol. The number of hydrogen-bond acceptors (Lipinski definition) is 3. The Morgan fingerprint density at radius 1 is 1.53 bits per heavy atom. The predicted octanol–water partition coefficient (Wildman–Crippen LogP) is 2.85. The normalized spacial score (nSPS) is 19.0. The minimum atomic E-state index is 0. The third kappa shape index (κ3) is 6.07. The number of guanidine groups is 1. The Balaban J connectivity index is 0.00000180. The number of nitrogens with one attached hydrogen (secondary N) is 2. The van der Waals surface area contributed by atoms with Crippen LogP contribution >= 0.6 is 35.7 Å². The number of hydrogen-bond donors (Lipinski definition) is 2. The van der Waals surface area contributed by atoms with Gasteiger partial charge in [0.05, 0.1) is 6.26 Å². The quantitative estimate of drug-likeness (QED) is 0.458. The van der Waals surface area contributed by atoms with E-state index >= 15 is 0 Å². The predicted molar refractivity (Wildman–Crippen MR) is 92.4 cm³/mol. The molecule has 1 aliphatic rings. The van der Waals surface area contributed by atoms with Crippen LogP contribution in [-0.4, -0.2) is 30.1 Å². The molecule has 0 amide bonds. The van der Waals surface area contributed by atoms with Crippen LogP contribution in [0.3, 0.4) is 0 Å². The molecular formula is C13H22IN3OS. The molecule has 4 nitrogen and oxygen atoms in total. The lowest BCUT2D eigenvalue weighted by atomic mass is 10.2. The fourth-order valence-corrected chi connectivity index (χ4v) is 3.12. The van der Waals surface area contributed by atoms with E-state index < -0.39 is 0 Å². The molecule has 2 heterocycles. The summed E-state index contributed by atoms with van der Waals surface area (Å²) in [7, 11) is 0. The molecule has 0 spiro atoms. The van der Waals surface area contributed by atoms with Crippen molar-refractivity contribution in [3.63, 3.8) is 0 Å². The van der Waals surface area contributed by atoms with E-state index in [0.717, 1.165) is 30.1 Å². The zero-order valence-corrected chi connectivity index (χ0v) is 14.4. The zero-order valence-electron chi connectivity index (χ0n) is 11.2. The first-order chi connectivity index (χ1) is 8.88. The van der Waals surface area contributed by atoms with Gasteiger partial charge in [0.1, 0.15) is 12.3 Å². The van der Waals surface area contributed by atoms with Gasteiger partial charge in [-0.3, -0.25) is 0 Å². The van der Waals surface area contributed by atoms with Crippen molar-refractivity contribution in [2.75, 3.05) is 18.8 Å². The van der Waals surface area contributed by atoms with E-state index in [1.807, 2.05) is 12.1 Å². The second kappa shape index (κ2) is 9.52. The van der Waals surface area contributed by atoms with Crippen LogP contribution in [0.25, 0.3) is 0 Å². The van der Waals surface area contributed by atoms with Gasteiger partial charge < -0.3 is 15.1 Å². The van der Waals surface area contributed by atoms with Gasteiger partial charge in [0.25, 0.3) is 0 Å². The van der Waals surface area contributed by atoms with E-state index in [1.165, 1.54) is 18.6 Å². The van der Waals surface area contributed by atoms with Crippen molar-refractivity contribution in [1.29, 1.82) is 0 Å². The Kier molecular flexibility index (Phi) is 8.36. The molecule has 1 atom stereocenters. The summed E-state index contributed by atoms with van der Waals surface area (Å²) < 4.78 is 5.27. The summed E-state index contributed by atoms with van der Waals surface area (Å²) in [6.07, 6.45) is 4.34. The van der Waals surface area contributed by atoms with Crippen molar-refractivity contribution in [3.05, 3.63) is 24.2 Å². The zero-order chi connectivity index (χ0) is 12.6. The summed E-state index contributed by atoms with van der Waals surface area (Å²) in [5.41, 5.74) is 0. The maximum atomic E-state index is 5.27. The molecule has 0 radical (unpaired) electrons. The molecule has 1 aromatic heterocycles. The second-order valence-electron chi connectivity index (χ2n) is 4.29. The van der Waals surface area contributed by atoms with E-state index in [1.54, 1.807) is 6.26 Å².